The summed E-state index contributed by atoms with van der Waals surface area (Å²) in [5.41, 5.74) is 9.22. The maximum Gasteiger partial charge on any atom is 0.0919 e. The van der Waals surface area contributed by atoms with E-state index in [-0.39, 0.29) is 0 Å². The molecule has 0 saturated carbocycles. The predicted molar refractivity (Wildman–Crippen MR) is 61.7 cm³/mol. The van der Waals surface area contributed by atoms with Crippen molar-refractivity contribution in [3.63, 3.8) is 0 Å². The molecule has 0 unspecified atom stereocenters. The van der Waals surface area contributed by atoms with Crippen LogP contribution in [0.2, 0.25) is 0 Å². The van der Waals surface area contributed by atoms with E-state index in [4.69, 9.17) is 5.73 Å². The van der Waals surface area contributed by atoms with Crippen molar-refractivity contribution < 1.29 is 0 Å². The molecule has 2 rings (SSSR count). The zero-order valence-corrected chi connectivity index (χ0v) is 9.51. The molecule has 0 spiro atoms. The summed E-state index contributed by atoms with van der Waals surface area (Å²) in [5, 5.41) is 4.28. The second-order valence-corrected chi connectivity index (χ2v) is 3.73. The lowest BCUT2D eigenvalue weighted by molar-refractivity contribution is 0.756. The van der Waals surface area contributed by atoms with Gasteiger partial charge in [0.15, 0.2) is 0 Å². The van der Waals surface area contributed by atoms with Gasteiger partial charge in [-0.25, -0.2) is 0 Å². The van der Waals surface area contributed by atoms with Gasteiger partial charge in [0.25, 0.3) is 0 Å². The summed E-state index contributed by atoms with van der Waals surface area (Å²) in [6, 6.07) is 0. The van der Waals surface area contributed by atoms with Gasteiger partial charge in [-0.3, -0.25) is 14.6 Å². The zero-order chi connectivity index (χ0) is 11.5. The number of nitrogens with zero attached hydrogens (tertiary/aromatic N) is 4. The molecular weight excluding hydrogens is 202 g/mol. The van der Waals surface area contributed by atoms with Gasteiger partial charge in [-0.15, -0.1) is 0 Å². The Labute approximate surface area is 94.3 Å². The number of aryl methyl sites for hydroxylation is 2. The van der Waals surface area contributed by atoms with Crippen LogP contribution in [0, 0.1) is 6.92 Å². The van der Waals surface area contributed by atoms with Crippen LogP contribution in [0.15, 0.2) is 18.6 Å². The van der Waals surface area contributed by atoms with Crippen LogP contribution in [0.1, 0.15) is 11.4 Å². The summed E-state index contributed by atoms with van der Waals surface area (Å²) in [5.74, 6) is 0. The Morgan fingerprint density at radius 2 is 2.12 bits per heavy atom. The van der Waals surface area contributed by atoms with Crippen molar-refractivity contribution in [3.8, 4) is 11.3 Å². The van der Waals surface area contributed by atoms with Crippen molar-refractivity contribution in [2.75, 3.05) is 6.54 Å². The maximum absolute atomic E-state index is 5.46. The Morgan fingerprint density at radius 3 is 2.62 bits per heavy atom. The third kappa shape index (κ3) is 2.09. The third-order valence-electron chi connectivity index (χ3n) is 2.40. The van der Waals surface area contributed by atoms with Crippen molar-refractivity contribution in [1.29, 1.82) is 0 Å². The molecule has 2 aromatic rings. The minimum Gasteiger partial charge on any atom is -0.330 e. The smallest absolute Gasteiger partial charge is 0.0919 e. The molecule has 5 heteroatoms. The largest absolute Gasteiger partial charge is 0.330 e. The Balaban J connectivity index is 2.31. The fraction of sp³-hybridized carbons (Fsp3) is 0.364. The molecule has 2 heterocycles. The summed E-state index contributed by atoms with van der Waals surface area (Å²) in [7, 11) is 1.90. The Hall–Kier alpha value is -1.75. The average Bonchev–Trinajstić information content (AvgIpc) is 2.59. The van der Waals surface area contributed by atoms with Gasteiger partial charge in [0.2, 0.25) is 0 Å². The number of hydrogen-bond donors (Lipinski definition) is 1. The fourth-order valence-electron chi connectivity index (χ4n) is 1.62. The van der Waals surface area contributed by atoms with Gasteiger partial charge in [-0.1, -0.05) is 0 Å². The molecule has 5 nitrogen and oxygen atoms in total. The molecule has 0 atom stereocenters. The summed E-state index contributed by atoms with van der Waals surface area (Å²) < 4.78 is 1.78. The second-order valence-electron chi connectivity index (χ2n) is 3.73. The van der Waals surface area contributed by atoms with Gasteiger partial charge in [0.05, 0.1) is 23.3 Å². The van der Waals surface area contributed by atoms with E-state index in [0.717, 1.165) is 29.1 Å². The SMILES string of the molecule is Cc1nn(C)cc1-c1cnc(CCN)cn1. The van der Waals surface area contributed by atoms with Crippen LogP contribution in [-0.4, -0.2) is 26.3 Å². The quantitative estimate of drug-likeness (QED) is 0.821. The van der Waals surface area contributed by atoms with Crippen LogP contribution in [0.25, 0.3) is 11.3 Å². The van der Waals surface area contributed by atoms with Crippen LogP contribution >= 0.6 is 0 Å². The molecule has 0 saturated heterocycles. The third-order valence-corrected chi connectivity index (χ3v) is 2.40. The number of rotatable bonds is 3. The normalized spacial score (nSPS) is 10.7. The summed E-state index contributed by atoms with van der Waals surface area (Å²) in [4.78, 5) is 8.69. The maximum atomic E-state index is 5.46. The van der Waals surface area contributed by atoms with E-state index in [1.54, 1.807) is 17.1 Å². The van der Waals surface area contributed by atoms with Gasteiger partial charge >= 0.3 is 0 Å². The summed E-state index contributed by atoms with van der Waals surface area (Å²) in [6.45, 7) is 2.56. The van der Waals surface area contributed by atoms with Crippen LogP contribution in [0.5, 0.6) is 0 Å². The molecule has 84 valence electrons. The summed E-state index contributed by atoms with van der Waals surface area (Å²) >= 11 is 0. The lowest BCUT2D eigenvalue weighted by atomic mass is 10.2. The topological polar surface area (TPSA) is 69.6 Å². The van der Waals surface area contributed by atoms with Crippen LogP contribution < -0.4 is 5.73 Å². The molecule has 0 bridgehead atoms. The van der Waals surface area contributed by atoms with Crippen molar-refractivity contribution in [1.82, 2.24) is 19.7 Å². The van der Waals surface area contributed by atoms with E-state index in [1.807, 2.05) is 20.2 Å². The van der Waals surface area contributed by atoms with Crippen LogP contribution in [0.4, 0.5) is 0 Å². The Kier molecular flexibility index (Phi) is 2.96. The lowest BCUT2D eigenvalue weighted by Gasteiger charge is -2.00. The first-order valence-corrected chi connectivity index (χ1v) is 5.22. The molecular formula is C11H15N5. The lowest BCUT2D eigenvalue weighted by Crippen LogP contribution is -2.04. The van der Waals surface area contributed by atoms with Crippen molar-refractivity contribution in [3.05, 3.63) is 30.0 Å². The summed E-state index contributed by atoms with van der Waals surface area (Å²) in [6.07, 6.45) is 6.25. The van der Waals surface area contributed by atoms with Crippen molar-refractivity contribution >= 4 is 0 Å². The first kappa shape index (κ1) is 10.8. The highest BCUT2D eigenvalue weighted by atomic mass is 15.2. The highest BCUT2D eigenvalue weighted by Gasteiger charge is 2.07. The molecule has 0 radical (unpaired) electrons. The zero-order valence-electron chi connectivity index (χ0n) is 9.51. The number of nitrogens with two attached hydrogens (primary N) is 1. The molecule has 0 aliphatic carbocycles. The van der Waals surface area contributed by atoms with Gasteiger partial charge in [0, 0.05) is 31.4 Å². The van der Waals surface area contributed by atoms with E-state index in [1.165, 1.54) is 0 Å². The minimum absolute atomic E-state index is 0.597. The number of aromatic nitrogens is 4. The molecule has 0 fully saturated rings. The average molecular weight is 217 g/mol. The van der Waals surface area contributed by atoms with E-state index < -0.39 is 0 Å². The molecule has 0 aromatic carbocycles. The highest BCUT2D eigenvalue weighted by molar-refractivity contribution is 5.59. The van der Waals surface area contributed by atoms with Gasteiger partial charge < -0.3 is 5.73 Å². The first-order chi connectivity index (χ1) is 7.70. The minimum atomic E-state index is 0.597. The molecule has 2 aromatic heterocycles. The van der Waals surface area contributed by atoms with Crippen molar-refractivity contribution in [2.24, 2.45) is 12.8 Å². The number of hydrogen-bond acceptors (Lipinski definition) is 4. The fourth-order valence-corrected chi connectivity index (χ4v) is 1.62. The second kappa shape index (κ2) is 4.40. The first-order valence-electron chi connectivity index (χ1n) is 5.22. The van der Waals surface area contributed by atoms with Gasteiger partial charge in [-0.2, -0.15) is 5.10 Å². The standard InChI is InChI=1S/C11H15N5/c1-8-10(7-16(2)15-8)11-6-13-9(3-4-12)5-14-11/h5-7H,3-4,12H2,1-2H3. The molecule has 16 heavy (non-hydrogen) atoms. The molecule has 0 aliphatic heterocycles. The Bertz CT molecular complexity index is 472. The van der Waals surface area contributed by atoms with E-state index in [2.05, 4.69) is 15.1 Å². The van der Waals surface area contributed by atoms with E-state index in [9.17, 15) is 0 Å². The van der Waals surface area contributed by atoms with Gasteiger partial charge in [-0.05, 0) is 13.5 Å². The van der Waals surface area contributed by atoms with Crippen LogP contribution in [0.3, 0.4) is 0 Å². The molecule has 0 aliphatic rings. The molecule has 2 N–H and O–H groups in total. The van der Waals surface area contributed by atoms with Gasteiger partial charge in [0.1, 0.15) is 0 Å². The monoisotopic (exact) mass is 217 g/mol. The molecule has 0 amide bonds. The predicted octanol–water partition coefficient (Wildman–Crippen LogP) is 0.687. The highest BCUT2D eigenvalue weighted by Crippen LogP contribution is 2.18. The Morgan fingerprint density at radius 1 is 1.31 bits per heavy atom. The van der Waals surface area contributed by atoms with E-state index >= 15 is 0 Å². The van der Waals surface area contributed by atoms with E-state index in [0.29, 0.717) is 6.54 Å². The van der Waals surface area contributed by atoms with Crippen molar-refractivity contribution in [2.45, 2.75) is 13.3 Å². The van der Waals surface area contributed by atoms with Crippen LogP contribution in [-0.2, 0) is 13.5 Å².